The maximum Gasteiger partial charge on any atom is 0.416 e. The van der Waals surface area contributed by atoms with Crippen LogP contribution in [-0.4, -0.2) is 65.6 Å². The fraction of sp³-hybridized carbons (Fsp3) is 0.316. The quantitative estimate of drug-likeness (QED) is 0.162. The number of hydrogen-bond acceptors (Lipinski definition) is 6. The van der Waals surface area contributed by atoms with Crippen LogP contribution in [0.2, 0.25) is 0 Å². The second-order valence-electron chi connectivity index (χ2n) is 12.6. The van der Waals surface area contributed by atoms with E-state index in [9.17, 15) is 32.3 Å². The normalized spacial score (nSPS) is 17.0. The summed E-state index contributed by atoms with van der Waals surface area (Å²) in [6, 6.07) is 22.0. The van der Waals surface area contributed by atoms with Crippen LogP contribution in [0.3, 0.4) is 0 Å². The predicted octanol–water partition coefficient (Wildman–Crippen LogP) is 7.17. The van der Waals surface area contributed by atoms with Gasteiger partial charge >= 0.3 is 6.18 Å². The SMILES string of the molecule is C[C@@H]1CN([C@@H](C)CO)C(=O)c2cccc(NC(=O)Cc3ccc(C(F)(F)F)cc3)c2O[C@@H]1CN(C)Cc1ccc(Oc2ccc(F)cc2)cc1. The molecule has 12 heteroatoms. The first-order chi connectivity index (χ1) is 23.8. The minimum Gasteiger partial charge on any atom is -0.486 e. The number of hydrogen-bond donors (Lipinski definition) is 2. The number of halogens is 4. The highest BCUT2D eigenvalue weighted by Gasteiger charge is 2.35. The summed E-state index contributed by atoms with van der Waals surface area (Å²) in [5.41, 5.74) is 1.05. The maximum absolute atomic E-state index is 13.8. The second-order valence-corrected chi connectivity index (χ2v) is 12.6. The summed E-state index contributed by atoms with van der Waals surface area (Å²) in [7, 11) is 1.94. The minimum atomic E-state index is -4.49. The Labute approximate surface area is 288 Å². The Bertz CT molecular complexity index is 1770. The third-order valence-electron chi connectivity index (χ3n) is 8.53. The molecule has 3 atom stereocenters. The van der Waals surface area contributed by atoms with Gasteiger partial charge in [0.2, 0.25) is 5.91 Å². The third kappa shape index (κ3) is 9.19. The van der Waals surface area contributed by atoms with Crippen LogP contribution in [0, 0.1) is 11.7 Å². The Hall–Kier alpha value is -4.94. The van der Waals surface area contributed by atoms with Gasteiger partial charge in [-0.25, -0.2) is 4.39 Å². The number of alkyl halides is 3. The van der Waals surface area contributed by atoms with E-state index in [1.54, 1.807) is 42.2 Å². The molecule has 5 rings (SSSR count). The van der Waals surface area contributed by atoms with E-state index in [0.717, 1.165) is 17.7 Å². The highest BCUT2D eigenvalue weighted by atomic mass is 19.4. The van der Waals surface area contributed by atoms with Gasteiger partial charge in [-0.15, -0.1) is 0 Å². The number of fused-ring (bicyclic) bond motifs is 1. The van der Waals surface area contributed by atoms with E-state index in [-0.39, 0.29) is 47.7 Å². The zero-order valence-electron chi connectivity index (χ0n) is 27.9. The van der Waals surface area contributed by atoms with Crippen LogP contribution in [0.1, 0.15) is 40.9 Å². The molecule has 2 amide bonds. The molecule has 0 saturated carbocycles. The van der Waals surface area contributed by atoms with Crippen molar-refractivity contribution < 1.29 is 41.7 Å². The molecular formula is C38H39F4N3O5. The standard InChI is InChI=1S/C38H39F4N3O5/c1-24-20-45(25(2)23-46)37(48)32-5-4-6-33(43-35(47)19-26-7-11-28(12-8-26)38(40,41)42)36(32)50-34(24)22-44(3)21-27-9-15-30(16-10-27)49-31-17-13-29(39)14-18-31/h4-18,24-25,34,46H,19-23H2,1-3H3,(H,43,47)/t24-,25+,34-/m1/s1. The molecule has 50 heavy (non-hydrogen) atoms. The van der Waals surface area contributed by atoms with Crippen LogP contribution in [0.5, 0.6) is 17.2 Å². The van der Waals surface area contributed by atoms with Crippen molar-refractivity contribution in [1.82, 2.24) is 9.80 Å². The lowest BCUT2D eigenvalue weighted by atomic mass is 9.98. The van der Waals surface area contributed by atoms with Crippen molar-refractivity contribution in [2.24, 2.45) is 5.92 Å². The van der Waals surface area contributed by atoms with Gasteiger partial charge in [0, 0.05) is 25.6 Å². The van der Waals surface area contributed by atoms with Gasteiger partial charge in [-0.3, -0.25) is 14.5 Å². The number of aliphatic hydroxyl groups excluding tert-OH is 1. The van der Waals surface area contributed by atoms with Crippen LogP contribution in [0.15, 0.2) is 91.0 Å². The zero-order chi connectivity index (χ0) is 36.0. The summed E-state index contributed by atoms with van der Waals surface area (Å²) < 4.78 is 64.6. The van der Waals surface area contributed by atoms with Crippen LogP contribution >= 0.6 is 0 Å². The maximum atomic E-state index is 13.8. The number of amides is 2. The van der Waals surface area contributed by atoms with Gasteiger partial charge in [-0.05, 0) is 85.8 Å². The van der Waals surface area contributed by atoms with Crippen LogP contribution < -0.4 is 14.8 Å². The van der Waals surface area contributed by atoms with Gasteiger partial charge in [-0.2, -0.15) is 13.2 Å². The van der Waals surface area contributed by atoms with E-state index >= 15 is 0 Å². The molecule has 0 aliphatic carbocycles. The van der Waals surface area contributed by atoms with E-state index in [4.69, 9.17) is 9.47 Å². The molecular weight excluding hydrogens is 654 g/mol. The average molecular weight is 694 g/mol. The molecule has 1 aliphatic heterocycles. The molecule has 0 aromatic heterocycles. The summed E-state index contributed by atoms with van der Waals surface area (Å²) in [6.45, 7) is 4.78. The number of para-hydroxylation sites is 1. The van der Waals surface area contributed by atoms with Gasteiger partial charge in [-0.1, -0.05) is 37.3 Å². The van der Waals surface area contributed by atoms with Crippen molar-refractivity contribution in [2.45, 2.75) is 45.1 Å². The van der Waals surface area contributed by atoms with Crippen LogP contribution in [-0.2, 0) is 23.9 Å². The van der Waals surface area contributed by atoms with Crippen molar-refractivity contribution in [2.75, 3.05) is 32.1 Å². The topological polar surface area (TPSA) is 91.3 Å². The van der Waals surface area contributed by atoms with Crippen molar-refractivity contribution in [3.8, 4) is 17.2 Å². The number of likely N-dealkylation sites (N-methyl/N-ethyl adjacent to an activating group) is 1. The molecule has 0 radical (unpaired) electrons. The molecule has 1 heterocycles. The minimum absolute atomic E-state index is 0.181. The lowest BCUT2D eigenvalue weighted by Gasteiger charge is -2.38. The van der Waals surface area contributed by atoms with Crippen LogP contribution in [0.4, 0.5) is 23.2 Å². The number of benzene rings is 4. The van der Waals surface area contributed by atoms with Gasteiger partial charge in [0.1, 0.15) is 23.4 Å². The number of anilines is 1. The zero-order valence-corrected chi connectivity index (χ0v) is 27.9. The van der Waals surface area contributed by atoms with Gasteiger partial charge in [0.25, 0.3) is 5.91 Å². The van der Waals surface area contributed by atoms with Crippen molar-refractivity contribution in [3.05, 3.63) is 119 Å². The lowest BCUT2D eigenvalue weighted by molar-refractivity contribution is -0.137. The van der Waals surface area contributed by atoms with Crippen molar-refractivity contribution in [3.63, 3.8) is 0 Å². The number of rotatable bonds is 11. The molecule has 2 N–H and O–H groups in total. The fourth-order valence-corrected chi connectivity index (χ4v) is 5.74. The van der Waals surface area contributed by atoms with Crippen molar-refractivity contribution >= 4 is 17.5 Å². The van der Waals surface area contributed by atoms with Crippen LogP contribution in [0.25, 0.3) is 0 Å². The highest BCUT2D eigenvalue weighted by Crippen LogP contribution is 2.35. The monoisotopic (exact) mass is 693 g/mol. The van der Waals surface area contributed by atoms with E-state index in [1.165, 1.54) is 24.3 Å². The van der Waals surface area contributed by atoms with Gasteiger partial charge < -0.3 is 24.8 Å². The summed E-state index contributed by atoms with van der Waals surface area (Å²) in [6.07, 6.45) is -5.13. The number of aliphatic hydroxyl groups is 1. The van der Waals surface area contributed by atoms with Gasteiger partial charge in [0.05, 0.1) is 35.9 Å². The summed E-state index contributed by atoms with van der Waals surface area (Å²) in [4.78, 5) is 30.6. The Morgan fingerprint density at radius 1 is 1.00 bits per heavy atom. The molecule has 0 fully saturated rings. The smallest absolute Gasteiger partial charge is 0.416 e. The first kappa shape index (κ1) is 36.3. The Morgan fingerprint density at radius 2 is 1.62 bits per heavy atom. The average Bonchev–Trinajstić information content (AvgIpc) is 3.08. The molecule has 0 bridgehead atoms. The predicted molar refractivity (Wildman–Crippen MR) is 181 cm³/mol. The summed E-state index contributed by atoms with van der Waals surface area (Å²) >= 11 is 0. The summed E-state index contributed by atoms with van der Waals surface area (Å²) in [5, 5.41) is 12.8. The molecule has 1 aliphatic rings. The highest BCUT2D eigenvalue weighted by molar-refractivity contribution is 6.02. The Balaban J connectivity index is 1.33. The largest absolute Gasteiger partial charge is 0.486 e. The second kappa shape index (κ2) is 15.7. The first-order valence-corrected chi connectivity index (χ1v) is 16.2. The molecule has 4 aromatic carbocycles. The number of nitrogens with one attached hydrogen (secondary N) is 1. The number of carbonyl (C=O) groups excluding carboxylic acids is 2. The molecule has 264 valence electrons. The van der Waals surface area contributed by atoms with Crippen molar-refractivity contribution in [1.29, 1.82) is 0 Å². The van der Waals surface area contributed by atoms with E-state index < -0.39 is 29.8 Å². The van der Waals surface area contributed by atoms with Gasteiger partial charge in [0.15, 0.2) is 5.75 Å². The fourth-order valence-electron chi connectivity index (χ4n) is 5.74. The molecule has 0 spiro atoms. The number of carbonyl (C=O) groups is 2. The lowest BCUT2D eigenvalue weighted by Crippen LogP contribution is -2.49. The summed E-state index contributed by atoms with van der Waals surface area (Å²) in [5.74, 6) is -0.0851. The third-order valence-corrected chi connectivity index (χ3v) is 8.53. The Morgan fingerprint density at radius 3 is 2.24 bits per heavy atom. The first-order valence-electron chi connectivity index (χ1n) is 16.2. The molecule has 4 aromatic rings. The van der Waals surface area contributed by atoms with E-state index in [0.29, 0.717) is 36.7 Å². The number of nitrogens with zero attached hydrogens (tertiary/aromatic N) is 2. The number of ether oxygens (including phenoxy) is 2. The van der Waals surface area contributed by atoms with E-state index in [2.05, 4.69) is 10.2 Å². The van der Waals surface area contributed by atoms with E-state index in [1.807, 2.05) is 38.2 Å². The molecule has 0 unspecified atom stereocenters. The molecule has 0 saturated heterocycles. The Kier molecular flexibility index (Phi) is 11.4. The molecule has 8 nitrogen and oxygen atoms in total.